The van der Waals surface area contributed by atoms with Crippen LogP contribution in [0.25, 0.3) is 0 Å². The molecule has 0 radical (unpaired) electrons. The van der Waals surface area contributed by atoms with Gasteiger partial charge >= 0.3 is 5.76 Å². The van der Waals surface area contributed by atoms with E-state index in [1.165, 1.54) is 18.2 Å². The lowest BCUT2D eigenvalue weighted by atomic mass is 9.82. The van der Waals surface area contributed by atoms with Crippen LogP contribution >= 0.6 is 0 Å². The van der Waals surface area contributed by atoms with Gasteiger partial charge in [-0.25, -0.2) is 8.42 Å². The van der Waals surface area contributed by atoms with Crippen LogP contribution in [0.2, 0.25) is 0 Å². The first-order valence-corrected chi connectivity index (χ1v) is 8.32. The van der Waals surface area contributed by atoms with Gasteiger partial charge in [-0.2, -0.15) is 8.78 Å². The van der Waals surface area contributed by atoms with E-state index in [2.05, 4.69) is 12.2 Å². The van der Waals surface area contributed by atoms with E-state index < -0.39 is 15.6 Å². The number of halogens is 2. The largest absolute Gasteiger partial charge is 0.383 e. The Morgan fingerprint density at radius 2 is 1.90 bits per heavy atom. The predicted octanol–water partition coefficient (Wildman–Crippen LogP) is 2.91. The SMILES string of the molecule is CC1(CNc2ccccc2S(=O)(=O)C(F)F)CCOCC1. The molecule has 1 aliphatic heterocycles. The Hall–Kier alpha value is -1.21. The van der Waals surface area contributed by atoms with Crippen LogP contribution in [-0.2, 0) is 14.6 Å². The zero-order valence-corrected chi connectivity index (χ0v) is 12.6. The molecule has 1 fully saturated rings. The second-order valence-corrected chi connectivity index (χ2v) is 7.46. The van der Waals surface area contributed by atoms with Crippen LogP contribution < -0.4 is 5.32 Å². The summed E-state index contributed by atoms with van der Waals surface area (Å²) in [5, 5.41) is 3.02. The standard InChI is InChI=1S/C14H19F2NO3S/c1-14(6-8-20-9-7-14)10-17-11-4-2-3-5-12(11)21(18,19)13(15)16/h2-5,13,17H,6-10H2,1H3. The maximum absolute atomic E-state index is 12.7. The topological polar surface area (TPSA) is 55.4 Å². The number of alkyl halides is 2. The summed E-state index contributed by atoms with van der Waals surface area (Å²) in [6.07, 6.45) is 1.70. The van der Waals surface area contributed by atoms with Gasteiger partial charge < -0.3 is 10.1 Å². The molecule has 1 aromatic rings. The van der Waals surface area contributed by atoms with E-state index in [1.807, 2.05) is 0 Å². The van der Waals surface area contributed by atoms with Crippen molar-refractivity contribution in [2.24, 2.45) is 5.41 Å². The van der Waals surface area contributed by atoms with Crippen molar-refractivity contribution < 1.29 is 21.9 Å². The molecule has 7 heteroatoms. The summed E-state index contributed by atoms with van der Waals surface area (Å²) in [5.41, 5.74) is 0.200. The van der Waals surface area contributed by atoms with E-state index in [4.69, 9.17) is 4.74 Å². The monoisotopic (exact) mass is 319 g/mol. The maximum Gasteiger partial charge on any atom is 0.341 e. The van der Waals surface area contributed by atoms with E-state index in [0.717, 1.165) is 12.8 Å². The van der Waals surface area contributed by atoms with Crippen LogP contribution in [0.1, 0.15) is 19.8 Å². The Bertz CT molecular complexity index is 584. The summed E-state index contributed by atoms with van der Waals surface area (Å²) in [6.45, 7) is 3.92. The first-order valence-electron chi connectivity index (χ1n) is 6.78. The summed E-state index contributed by atoms with van der Waals surface area (Å²) in [7, 11) is -4.60. The van der Waals surface area contributed by atoms with Crippen LogP contribution in [0.3, 0.4) is 0 Å². The van der Waals surface area contributed by atoms with Crippen molar-refractivity contribution in [3.63, 3.8) is 0 Å². The van der Waals surface area contributed by atoms with Gasteiger partial charge in [0.05, 0.1) is 10.6 Å². The highest BCUT2D eigenvalue weighted by Gasteiger charge is 2.31. The summed E-state index contributed by atoms with van der Waals surface area (Å²) in [5.74, 6) is -3.42. The lowest BCUT2D eigenvalue weighted by molar-refractivity contribution is 0.0300. The van der Waals surface area contributed by atoms with Crippen molar-refractivity contribution in [2.75, 3.05) is 25.1 Å². The Balaban J connectivity index is 2.18. The molecule has 0 unspecified atom stereocenters. The van der Waals surface area contributed by atoms with Crippen molar-refractivity contribution in [2.45, 2.75) is 30.4 Å². The Labute approximate surface area is 123 Å². The van der Waals surface area contributed by atoms with Gasteiger partial charge in [0.25, 0.3) is 0 Å². The molecule has 0 amide bonds. The number of anilines is 1. The van der Waals surface area contributed by atoms with Gasteiger partial charge in [0, 0.05) is 19.8 Å². The molecule has 1 saturated heterocycles. The van der Waals surface area contributed by atoms with Gasteiger partial charge in [0.1, 0.15) is 0 Å². The third-order valence-electron chi connectivity index (χ3n) is 3.83. The molecule has 0 aliphatic carbocycles. The molecule has 0 spiro atoms. The van der Waals surface area contributed by atoms with Crippen molar-refractivity contribution in [3.8, 4) is 0 Å². The molecule has 0 saturated carbocycles. The van der Waals surface area contributed by atoms with Crippen LogP contribution in [0.15, 0.2) is 29.2 Å². The van der Waals surface area contributed by atoms with Crippen LogP contribution in [0, 0.1) is 5.41 Å². The molecular formula is C14H19F2NO3S. The highest BCUT2D eigenvalue weighted by atomic mass is 32.2. The van der Waals surface area contributed by atoms with Gasteiger partial charge in [-0.3, -0.25) is 0 Å². The quantitative estimate of drug-likeness (QED) is 0.906. The molecule has 21 heavy (non-hydrogen) atoms. The molecule has 1 heterocycles. The third kappa shape index (κ3) is 3.71. The maximum atomic E-state index is 12.7. The average molecular weight is 319 g/mol. The highest BCUT2D eigenvalue weighted by molar-refractivity contribution is 7.91. The zero-order valence-electron chi connectivity index (χ0n) is 11.8. The molecule has 118 valence electrons. The van der Waals surface area contributed by atoms with E-state index in [-0.39, 0.29) is 16.0 Å². The van der Waals surface area contributed by atoms with Crippen molar-refractivity contribution in [1.82, 2.24) is 0 Å². The van der Waals surface area contributed by atoms with Gasteiger partial charge in [-0.1, -0.05) is 19.1 Å². The summed E-state index contributed by atoms with van der Waals surface area (Å²) < 4.78 is 54.1. The van der Waals surface area contributed by atoms with Gasteiger partial charge in [0.2, 0.25) is 9.84 Å². The fourth-order valence-corrected chi connectivity index (χ4v) is 3.21. The number of benzene rings is 1. The number of ether oxygens (including phenoxy) is 1. The smallest absolute Gasteiger partial charge is 0.341 e. The Kier molecular flexibility index (Phi) is 4.83. The number of para-hydroxylation sites is 1. The van der Waals surface area contributed by atoms with E-state index in [1.54, 1.807) is 6.07 Å². The lowest BCUT2D eigenvalue weighted by Crippen LogP contribution is -2.33. The second-order valence-electron chi connectivity index (χ2n) is 5.58. The molecule has 1 aliphatic rings. The predicted molar refractivity (Wildman–Crippen MR) is 76.3 cm³/mol. The summed E-state index contributed by atoms with van der Waals surface area (Å²) in [4.78, 5) is -0.351. The minimum absolute atomic E-state index is 0.0278. The molecule has 0 atom stereocenters. The van der Waals surface area contributed by atoms with Gasteiger partial charge in [-0.05, 0) is 30.4 Å². The van der Waals surface area contributed by atoms with Crippen molar-refractivity contribution >= 4 is 15.5 Å². The lowest BCUT2D eigenvalue weighted by Gasteiger charge is -2.34. The molecule has 0 aromatic heterocycles. The normalized spacial score (nSPS) is 18.7. The van der Waals surface area contributed by atoms with E-state index in [9.17, 15) is 17.2 Å². The van der Waals surface area contributed by atoms with Gasteiger partial charge in [-0.15, -0.1) is 0 Å². The zero-order chi connectivity index (χ0) is 15.5. The number of sulfone groups is 1. The van der Waals surface area contributed by atoms with Crippen molar-refractivity contribution in [3.05, 3.63) is 24.3 Å². The molecule has 4 nitrogen and oxygen atoms in total. The van der Waals surface area contributed by atoms with Crippen LogP contribution in [-0.4, -0.2) is 33.9 Å². The minimum Gasteiger partial charge on any atom is -0.383 e. The molecule has 1 aromatic carbocycles. The first-order chi connectivity index (χ1) is 9.85. The molecule has 2 rings (SSSR count). The van der Waals surface area contributed by atoms with Gasteiger partial charge in [0.15, 0.2) is 0 Å². The number of hydrogen-bond donors (Lipinski definition) is 1. The van der Waals surface area contributed by atoms with E-state index >= 15 is 0 Å². The number of hydrogen-bond acceptors (Lipinski definition) is 4. The summed E-state index contributed by atoms with van der Waals surface area (Å²) in [6, 6.07) is 5.78. The molecule has 1 N–H and O–H groups in total. The first kappa shape index (κ1) is 16.2. The Morgan fingerprint density at radius 3 is 2.52 bits per heavy atom. The summed E-state index contributed by atoms with van der Waals surface area (Å²) >= 11 is 0. The van der Waals surface area contributed by atoms with E-state index in [0.29, 0.717) is 19.8 Å². The Morgan fingerprint density at radius 1 is 1.29 bits per heavy atom. The average Bonchev–Trinajstić information content (AvgIpc) is 2.46. The number of rotatable bonds is 5. The van der Waals surface area contributed by atoms with Crippen LogP contribution in [0.5, 0.6) is 0 Å². The minimum atomic E-state index is -4.60. The van der Waals surface area contributed by atoms with Crippen LogP contribution in [0.4, 0.5) is 14.5 Å². The third-order valence-corrected chi connectivity index (χ3v) is 5.27. The van der Waals surface area contributed by atoms with Crippen molar-refractivity contribution in [1.29, 1.82) is 0 Å². The highest BCUT2D eigenvalue weighted by Crippen LogP contribution is 2.32. The second kappa shape index (κ2) is 6.27. The molecular weight excluding hydrogens is 300 g/mol. The number of nitrogens with one attached hydrogen (secondary N) is 1. The fraction of sp³-hybridized carbons (Fsp3) is 0.571. The molecule has 0 bridgehead atoms. The fourth-order valence-electron chi connectivity index (χ4n) is 2.31.